The summed E-state index contributed by atoms with van der Waals surface area (Å²) in [5.74, 6) is 1.48. The number of rotatable bonds is 4. The molecular formula is C16H19N3O2S. The van der Waals surface area contributed by atoms with E-state index < -0.39 is 0 Å². The molecule has 0 radical (unpaired) electrons. The van der Waals surface area contributed by atoms with E-state index in [-0.39, 0.29) is 12.0 Å². The normalized spacial score (nSPS) is 17.7. The van der Waals surface area contributed by atoms with E-state index in [2.05, 4.69) is 9.97 Å². The minimum atomic E-state index is 0.0148. The van der Waals surface area contributed by atoms with Crippen LogP contribution in [-0.4, -0.2) is 40.0 Å². The van der Waals surface area contributed by atoms with E-state index in [4.69, 9.17) is 4.74 Å². The molecule has 0 saturated carbocycles. The Bertz CT molecular complexity index is 637. The summed E-state index contributed by atoms with van der Waals surface area (Å²) in [4.78, 5) is 23.8. The van der Waals surface area contributed by atoms with E-state index >= 15 is 0 Å². The summed E-state index contributed by atoms with van der Waals surface area (Å²) >= 11 is 1.62. The van der Waals surface area contributed by atoms with Crippen molar-refractivity contribution in [1.29, 1.82) is 0 Å². The van der Waals surface area contributed by atoms with Crippen LogP contribution >= 0.6 is 11.3 Å². The van der Waals surface area contributed by atoms with Crippen molar-refractivity contribution < 1.29 is 9.53 Å². The summed E-state index contributed by atoms with van der Waals surface area (Å²) in [5, 5.41) is 2.00. The van der Waals surface area contributed by atoms with Crippen LogP contribution < -0.4 is 4.74 Å². The van der Waals surface area contributed by atoms with E-state index in [9.17, 15) is 4.79 Å². The van der Waals surface area contributed by atoms with Crippen LogP contribution in [0.15, 0.2) is 23.6 Å². The van der Waals surface area contributed by atoms with Gasteiger partial charge < -0.3 is 9.64 Å². The lowest BCUT2D eigenvalue weighted by atomic mass is 10.3. The van der Waals surface area contributed by atoms with Gasteiger partial charge in [-0.05, 0) is 25.3 Å². The minimum Gasteiger partial charge on any atom is -0.472 e. The van der Waals surface area contributed by atoms with Gasteiger partial charge in [0.15, 0.2) is 0 Å². The van der Waals surface area contributed by atoms with Crippen LogP contribution in [0.25, 0.3) is 0 Å². The Morgan fingerprint density at radius 2 is 2.32 bits per heavy atom. The topological polar surface area (TPSA) is 55.3 Å². The van der Waals surface area contributed by atoms with Crippen molar-refractivity contribution in [2.45, 2.75) is 32.8 Å². The van der Waals surface area contributed by atoms with Gasteiger partial charge in [-0.25, -0.2) is 4.98 Å². The van der Waals surface area contributed by atoms with Crippen molar-refractivity contribution in [1.82, 2.24) is 14.9 Å². The number of aromatic nitrogens is 2. The van der Waals surface area contributed by atoms with Crippen molar-refractivity contribution in [2.75, 3.05) is 13.1 Å². The zero-order valence-corrected chi connectivity index (χ0v) is 13.6. The number of aryl methyl sites for hydroxylation is 2. The number of carbonyl (C=O) groups excluding carboxylic acids is 1. The Labute approximate surface area is 134 Å². The molecule has 1 atom stereocenters. The first-order chi connectivity index (χ1) is 10.6. The maximum atomic E-state index is 12.3. The average molecular weight is 317 g/mol. The van der Waals surface area contributed by atoms with Crippen LogP contribution in [0, 0.1) is 13.8 Å². The Balaban J connectivity index is 1.56. The Morgan fingerprint density at radius 3 is 3.05 bits per heavy atom. The molecule has 0 bridgehead atoms. The van der Waals surface area contributed by atoms with Crippen molar-refractivity contribution in [3.63, 3.8) is 0 Å². The standard InChI is InChI=1S/C16H19N3O2S/c1-11-8-15(18-12(2)17-11)21-13-5-6-19(10-13)16(20)9-14-4-3-7-22-14/h3-4,7-8,13H,5-6,9-10H2,1-2H3/t13-/m0/s1. The molecule has 3 heterocycles. The molecule has 1 aliphatic heterocycles. The van der Waals surface area contributed by atoms with Crippen LogP contribution in [0.4, 0.5) is 0 Å². The molecule has 1 fully saturated rings. The van der Waals surface area contributed by atoms with E-state index in [1.807, 2.05) is 42.3 Å². The van der Waals surface area contributed by atoms with Crippen molar-refractivity contribution in [2.24, 2.45) is 0 Å². The van der Waals surface area contributed by atoms with Crippen LogP contribution in [0.1, 0.15) is 22.8 Å². The van der Waals surface area contributed by atoms with Gasteiger partial charge in [0.1, 0.15) is 11.9 Å². The molecular weight excluding hydrogens is 298 g/mol. The Kier molecular flexibility index (Phi) is 4.38. The Hall–Kier alpha value is -1.95. The van der Waals surface area contributed by atoms with Gasteiger partial charge in [-0.3, -0.25) is 4.79 Å². The molecule has 2 aromatic heterocycles. The number of thiophene rings is 1. The fourth-order valence-electron chi connectivity index (χ4n) is 2.64. The molecule has 1 saturated heterocycles. The van der Waals surface area contributed by atoms with E-state index in [0.29, 0.717) is 24.7 Å². The fraction of sp³-hybridized carbons (Fsp3) is 0.438. The van der Waals surface area contributed by atoms with Gasteiger partial charge in [0.25, 0.3) is 0 Å². The second-order valence-corrected chi connectivity index (χ2v) is 6.55. The summed E-state index contributed by atoms with van der Waals surface area (Å²) in [5.41, 5.74) is 0.895. The van der Waals surface area contributed by atoms with Gasteiger partial charge in [0.2, 0.25) is 11.8 Å². The minimum absolute atomic E-state index is 0.0148. The van der Waals surface area contributed by atoms with Gasteiger partial charge in [0.05, 0.1) is 13.0 Å². The number of likely N-dealkylation sites (tertiary alicyclic amines) is 1. The summed E-state index contributed by atoms with van der Waals surface area (Å²) in [6.07, 6.45) is 1.34. The monoisotopic (exact) mass is 317 g/mol. The SMILES string of the molecule is Cc1cc(O[C@H]2CCN(C(=O)Cc3cccs3)C2)nc(C)n1. The molecule has 2 aromatic rings. The van der Waals surface area contributed by atoms with Gasteiger partial charge >= 0.3 is 0 Å². The highest BCUT2D eigenvalue weighted by molar-refractivity contribution is 7.10. The summed E-state index contributed by atoms with van der Waals surface area (Å²) in [6, 6.07) is 5.81. The highest BCUT2D eigenvalue weighted by Crippen LogP contribution is 2.19. The fourth-order valence-corrected chi connectivity index (χ4v) is 3.33. The van der Waals surface area contributed by atoms with Crippen molar-refractivity contribution in [3.05, 3.63) is 40.0 Å². The maximum Gasteiger partial charge on any atom is 0.227 e. The summed E-state index contributed by atoms with van der Waals surface area (Å²) in [6.45, 7) is 5.16. The first-order valence-electron chi connectivity index (χ1n) is 7.39. The molecule has 1 amide bonds. The smallest absolute Gasteiger partial charge is 0.227 e. The molecule has 0 unspecified atom stereocenters. The van der Waals surface area contributed by atoms with Gasteiger partial charge in [-0.15, -0.1) is 11.3 Å². The van der Waals surface area contributed by atoms with Crippen LogP contribution in [-0.2, 0) is 11.2 Å². The van der Waals surface area contributed by atoms with E-state index in [1.165, 1.54) is 0 Å². The predicted molar refractivity (Wildman–Crippen MR) is 85.1 cm³/mol. The zero-order chi connectivity index (χ0) is 15.5. The number of nitrogens with zero attached hydrogens (tertiary/aromatic N) is 3. The second kappa shape index (κ2) is 6.44. The zero-order valence-electron chi connectivity index (χ0n) is 12.8. The van der Waals surface area contributed by atoms with Crippen LogP contribution in [0.5, 0.6) is 5.88 Å². The highest BCUT2D eigenvalue weighted by atomic mass is 32.1. The third kappa shape index (κ3) is 3.62. The molecule has 0 N–H and O–H groups in total. The molecule has 22 heavy (non-hydrogen) atoms. The van der Waals surface area contributed by atoms with E-state index in [1.54, 1.807) is 11.3 Å². The Morgan fingerprint density at radius 1 is 1.45 bits per heavy atom. The molecule has 0 aliphatic carbocycles. The van der Waals surface area contributed by atoms with Crippen LogP contribution in [0.2, 0.25) is 0 Å². The van der Waals surface area contributed by atoms with Gasteiger partial charge in [-0.2, -0.15) is 4.98 Å². The second-order valence-electron chi connectivity index (χ2n) is 5.52. The number of ether oxygens (including phenoxy) is 1. The first kappa shape index (κ1) is 15.0. The van der Waals surface area contributed by atoms with Gasteiger partial charge in [0, 0.05) is 29.6 Å². The number of carbonyl (C=O) groups is 1. The lowest BCUT2D eigenvalue weighted by molar-refractivity contribution is -0.129. The molecule has 6 heteroatoms. The summed E-state index contributed by atoms with van der Waals surface area (Å²) in [7, 11) is 0. The molecule has 0 spiro atoms. The third-order valence-corrected chi connectivity index (χ3v) is 4.51. The predicted octanol–water partition coefficient (Wildman–Crippen LogP) is 2.38. The average Bonchev–Trinajstić information content (AvgIpc) is 3.09. The lowest BCUT2D eigenvalue weighted by Crippen LogP contribution is -2.32. The lowest BCUT2D eigenvalue weighted by Gasteiger charge is -2.17. The van der Waals surface area contributed by atoms with Crippen molar-refractivity contribution in [3.8, 4) is 5.88 Å². The number of hydrogen-bond acceptors (Lipinski definition) is 5. The third-order valence-electron chi connectivity index (χ3n) is 3.63. The molecule has 3 rings (SSSR count). The molecule has 116 valence electrons. The summed E-state index contributed by atoms with van der Waals surface area (Å²) < 4.78 is 5.91. The quantitative estimate of drug-likeness (QED) is 0.869. The first-order valence-corrected chi connectivity index (χ1v) is 8.27. The van der Waals surface area contributed by atoms with Crippen molar-refractivity contribution >= 4 is 17.2 Å². The van der Waals surface area contributed by atoms with Crippen LogP contribution in [0.3, 0.4) is 0 Å². The van der Waals surface area contributed by atoms with E-state index in [0.717, 1.165) is 23.5 Å². The highest BCUT2D eigenvalue weighted by Gasteiger charge is 2.28. The maximum absolute atomic E-state index is 12.3. The molecule has 1 aliphatic rings. The number of hydrogen-bond donors (Lipinski definition) is 0. The largest absolute Gasteiger partial charge is 0.472 e. The molecule has 0 aromatic carbocycles. The van der Waals surface area contributed by atoms with Gasteiger partial charge in [-0.1, -0.05) is 6.07 Å². The molecule has 5 nitrogen and oxygen atoms in total. The number of amides is 1.